The maximum absolute atomic E-state index is 11.8. The van der Waals surface area contributed by atoms with Gasteiger partial charge in [0.1, 0.15) is 0 Å². The third-order valence-electron chi connectivity index (χ3n) is 3.05. The highest BCUT2D eigenvalue weighted by Gasteiger charge is 2.51. The molecule has 0 N–H and O–H groups in total. The summed E-state index contributed by atoms with van der Waals surface area (Å²) in [6.45, 7) is 7.30. The van der Waals surface area contributed by atoms with Crippen LogP contribution in [-0.4, -0.2) is 29.2 Å². The lowest BCUT2D eigenvalue weighted by Gasteiger charge is -2.18. The molecule has 1 aliphatic rings. The van der Waals surface area contributed by atoms with Crippen LogP contribution in [0.15, 0.2) is 0 Å². The molecule has 0 aromatic carbocycles. The summed E-state index contributed by atoms with van der Waals surface area (Å²) in [6.07, 6.45) is 2.08. The number of hydrogen-bond acceptors (Lipinski definition) is 1. The lowest BCUT2D eigenvalue weighted by Crippen LogP contribution is -2.31. The molecule has 1 fully saturated rings. The zero-order chi connectivity index (χ0) is 10.9. The van der Waals surface area contributed by atoms with Gasteiger partial charge >= 0.3 is 0 Å². The number of hydrogen-bond donors (Lipinski definition) is 0. The fourth-order valence-corrected chi connectivity index (χ4v) is 1.84. The molecule has 1 saturated carbocycles. The molecule has 0 bridgehead atoms. The summed E-state index contributed by atoms with van der Waals surface area (Å²) < 4.78 is 0. The zero-order valence-electron chi connectivity index (χ0n) is 9.51. The summed E-state index contributed by atoms with van der Waals surface area (Å²) in [6, 6.07) is 0. The van der Waals surface area contributed by atoms with Crippen LogP contribution in [0.2, 0.25) is 0 Å². The van der Waals surface area contributed by atoms with E-state index in [0.717, 1.165) is 19.4 Å². The first-order valence-electron chi connectivity index (χ1n) is 5.23. The van der Waals surface area contributed by atoms with E-state index in [0.29, 0.717) is 10.7 Å². The minimum atomic E-state index is 0.255. The van der Waals surface area contributed by atoms with Gasteiger partial charge in [-0.2, -0.15) is 0 Å². The van der Waals surface area contributed by atoms with Gasteiger partial charge < -0.3 is 4.90 Å². The Balaban J connectivity index is 2.31. The highest BCUT2D eigenvalue weighted by Crippen LogP contribution is 2.52. The van der Waals surface area contributed by atoms with Crippen molar-refractivity contribution in [2.24, 2.45) is 11.3 Å². The van der Waals surface area contributed by atoms with E-state index in [2.05, 4.69) is 36.7 Å². The molecule has 0 aromatic heterocycles. The molecule has 1 aliphatic carbocycles. The topological polar surface area (TPSA) is 20.3 Å². The van der Waals surface area contributed by atoms with Crippen LogP contribution in [0.4, 0.5) is 0 Å². The first-order valence-corrected chi connectivity index (χ1v) is 6.15. The minimum Gasteiger partial charge on any atom is -0.345 e. The number of carbonyl (C=O) groups is 1. The van der Waals surface area contributed by atoms with Gasteiger partial charge in [0, 0.05) is 24.3 Å². The van der Waals surface area contributed by atoms with E-state index in [4.69, 9.17) is 0 Å². The van der Waals surface area contributed by atoms with Gasteiger partial charge in [-0.3, -0.25) is 4.79 Å². The van der Waals surface area contributed by atoms with E-state index in [-0.39, 0.29) is 11.3 Å². The van der Waals surface area contributed by atoms with Crippen LogP contribution < -0.4 is 0 Å². The molecular formula is C11H20BrNO. The molecule has 1 amide bonds. The predicted molar refractivity (Wildman–Crippen MR) is 62.5 cm³/mol. The number of rotatable bonds is 4. The van der Waals surface area contributed by atoms with Crippen LogP contribution in [0, 0.1) is 11.3 Å². The van der Waals surface area contributed by atoms with E-state index < -0.39 is 0 Å². The Labute approximate surface area is 95.2 Å². The molecule has 1 rings (SSSR count). The number of nitrogens with zero attached hydrogens (tertiary/aromatic N) is 1. The first kappa shape index (κ1) is 12.0. The number of amides is 1. The largest absolute Gasteiger partial charge is 0.345 e. The molecule has 0 saturated heterocycles. The fourth-order valence-electron chi connectivity index (χ4n) is 1.64. The monoisotopic (exact) mass is 261 g/mol. The van der Waals surface area contributed by atoms with Crippen molar-refractivity contribution in [3.8, 4) is 0 Å². The summed E-state index contributed by atoms with van der Waals surface area (Å²) in [5.74, 6) is 0.598. The van der Waals surface area contributed by atoms with Gasteiger partial charge in [0.05, 0.1) is 0 Å². The van der Waals surface area contributed by atoms with Crippen molar-refractivity contribution in [1.29, 1.82) is 0 Å². The quantitative estimate of drug-likeness (QED) is 0.713. The second kappa shape index (κ2) is 4.21. The van der Waals surface area contributed by atoms with Crippen LogP contribution in [0.25, 0.3) is 0 Å². The van der Waals surface area contributed by atoms with Gasteiger partial charge in [-0.1, -0.05) is 36.7 Å². The van der Waals surface area contributed by atoms with Crippen molar-refractivity contribution in [3.63, 3.8) is 0 Å². The molecular weight excluding hydrogens is 242 g/mol. The lowest BCUT2D eigenvalue weighted by atomic mass is 10.1. The fraction of sp³-hybridized carbons (Fsp3) is 0.909. The Kier molecular flexibility index (Phi) is 3.62. The van der Waals surface area contributed by atoms with E-state index in [1.54, 1.807) is 0 Å². The Bertz CT molecular complexity index is 225. The number of carbonyl (C=O) groups excluding carboxylic acids is 1. The van der Waals surface area contributed by atoms with E-state index in [1.165, 1.54) is 0 Å². The molecule has 0 aliphatic heterocycles. The van der Waals surface area contributed by atoms with E-state index >= 15 is 0 Å². The van der Waals surface area contributed by atoms with Gasteiger partial charge in [0.15, 0.2) is 0 Å². The molecule has 0 heterocycles. The van der Waals surface area contributed by atoms with Crippen LogP contribution in [0.1, 0.15) is 33.6 Å². The van der Waals surface area contributed by atoms with E-state index in [9.17, 15) is 4.79 Å². The third kappa shape index (κ3) is 2.97. The van der Waals surface area contributed by atoms with Crippen molar-refractivity contribution in [3.05, 3.63) is 0 Å². The van der Waals surface area contributed by atoms with Gasteiger partial charge in [-0.15, -0.1) is 0 Å². The summed E-state index contributed by atoms with van der Waals surface area (Å²) >= 11 is 3.49. The summed E-state index contributed by atoms with van der Waals surface area (Å²) in [5.41, 5.74) is 0.255. The molecule has 82 valence electrons. The second-order valence-electron chi connectivity index (χ2n) is 5.07. The second-order valence-corrected chi connectivity index (χ2v) is 6.64. The molecule has 2 atom stereocenters. The highest BCUT2D eigenvalue weighted by atomic mass is 79.9. The summed E-state index contributed by atoms with van der Waals surface area (Å²) in [7, 11) is 1.91. The van der Waals surface area contributed by atoms with Crippen LogP contribution >= 0.6 is 15.9 Å². The van der Waals surface area contributed by atoms with Crippen LogP contribution in [-0.2, 0) is 4.79 Å². The normalized spacial score (nSPS) is 25.6. The number of halogens is 1. The Morgan fingerprint density at radius 3 is 2.50 bits per heavy atom. The number of alkyl halides is 1. The lowest BCUT2D eigenvalue weighted by molar-refractivity contribution is -0.132. The molecule has 2 unspecified atom stereocenters. The molecule has 3 heteroatoms. The van der Waals surface area contributed by atoms with Crippen molar-refractivity contribution in [2.75, 3.05) is 13.6 Å². The van der Waals surface area contributed by atoms with E-state index in [1.807, 2.05) is 11.9 Å². The van der Waals surface area contributed by atoms with Gasteiger partial charge in [-0.05, 0) is 18.3 Å². The van der Waals surface area contributed by atoms with Crippen LogP contribution in [0.5, 0.6) is 0 Å². The Hall–Kier alpha value is -0.0500. The van der Waals surface area contributed by atoms with Crippen molar-refractivity contribution < 1.29 is 4.79 Å². The average Bonchev–Trinajstić information content (AvgIpc) is 2.69. The Morgan fingerprint density at radius 1 is 1.64 bits per heavy atom. The van der Waals surface area contributed by atoms with Gasteiger partial charge in [0.25, 0.3) is 0 Å². The SMILES string of the molecule is CC(Br)CCN(C)C(=O)C1CC1(C)C. The molecule has 0 spiro atoms. The predicted octanol–water partition coefficient (Wildman–Crippen LogP) is 2.66. The van der Waals surface area contributed by atoms with Crippen molar-refractivity contribution in [2.45, 2.75) is 38.4 Å². The molecule has 2 nitrogen and oxygen atoms in total. The zero-order valence-corrected chi connectivity index (χ0v) is 11.1. The first-order chi connectivity index (χ1) is 6.34. The maximum Gasteiger partial charge on any atom is 0.225 e. The highest BCUT2D eigenvalue weighted by molar-refractivity contribution is 9.09. The standard InChI is InChI=1S/C11H20BrNO/c1-8(12)5-6-13(4)10(14)9-7-11(9,2)3/h8-9H,5-7H2,1-4H3. The van der Waals surface area contributed by atoms with Gasteiger partial charge in [0.2, 0.25) is 5.91 Å². The molecule has 14 heavy (non-hydrogen) atoms. The summed E-state index contributed by atoms with van der Waals surface area (Å²) in [4.78, 5) is 14.2. The molecule has 0 radical (unpaired) electrons. The van der Waals surface area contributed by atoms with Crippen molar-refractivity contribution in [1.82, 2.24) is 4.90 Å². The van der Waals surface area contributed by atoms with Crippen LogP contribution in [0.3, 0.4) is 0 Å². The summed E-state index contributed by atoms with van der Waals surface area (Å²) in [5, 5.41) is 0. The van der Waals surface area contributed by atoms with Gasteiger partial charge in [-0.25, -0.2) is 0 Å². The van der Waals surface area contributed by atoms with Crippen molar-refractivity contribution >= 4 is 21.8 Å². The molecule has 0 aromatic rings. The minimum absolute atomic E-state index is 0.255. The third-order valence-corrected chi connectivity index (χ3v) is 3.51. The Morgan fingerprint density at radius 2 is 2.14 bits per heavy atom. The maximum atomic E-state index is 11.8. The average molecular weight is 262 g/mol. The smallest absolute Gasteiger partial charge is 0.225 e.